The van der Waals surface area contributed by atoms with Gasteiger partial charge in [0.15, 0.2) is 0 Å². The summed E-state index contributed by atoms with van der Waals surface area (Å²) in [6, 6.07) is 13.3. The molecule has 0 aliphatic carbocycles. The minimum Gasteiger partial charge on any atom is -0.497 e. The minimum absolute atomic E-state index is 0.170. The Morgan fingerprint density at radius 3 is 2.56 bits per heavy atom. The summed E-state index contributed by atoms with van der Waals surface area (Å²) < 4.78 is 18.1. The van der Waals surface area contributed by atoms with Gasteiger partial charge in [0.2, 0.25) is 6.10 Å². The Bertz CT molecular complexity index is 772. The van der Waals surface area contributed by atoms with E-state index in [2.05, 4.69) is 10.5 Å². The summed E-state index contributed by atoms with van der Waals surface area (Å²) in [5.41, 5.74) is 2.35. The third-order valence-corrected chi connectivity index (χ3v) is 4.11. The van der Waals surface area contributed by atoms with Crippen LogP contribution in [0.15, 0.2) is 53.7 Å². The van der Waals surface area contributed by atoms with E-state index in [1.165, 1.54) is 12.1 Å². The van der Waals surface area contributed by atoms with Gasteiger partial charge in [-0.3, -0.25) is 4.79 Å². The first-order valence-electron chi connectivity index (χ1n) is 8.00. The molecule has 5 nitrogen and oxygen atoms in total. The molecule has 1 amide bonds. The number of carbonyl (C=O) groups is 1. The van der Waals surface area contributed by atoms with Crippen LogP contribution in [0.1, 0.15) is 30.5 Å². The lowest BCUT2D eigenvalue weighted by Crippen LogP contribution is -2.36. The van der Waals surface area contributed by atoms with E-state index in [0.29, 0.717) is 12.1 Å². The van der Waals surface area contributed by atoms with E-state index in [9.17, 15) is 9.18 Å². The average molecular weight is 342 g/mol. The highest BCUT2D eigenvalue weighted by atomic mass is 19.1. The number of nitrogens with zero attached hydrogens (tertiary/aromatic N) is 1. The quantitative estimate of drug-likeness (QED) is 0.908. The molecule has 3 rings (SSSR count). The molecule has 6 heteroatoms. The average Bonchev–Trinajstić information content (AvgIpc) is 3.12. The van der Waals surface area contributed by atoms with Crippen LogP contribution in [0.25, 0.3) is 0 Å². The van der Waals surface area contributed by atoms with Gasteiger partial charge in [0.05, 0.1) is 18.9 Å². The molecule has 0 radical (unpaired) electrons. The lowest BCUT2D eigenvalue weighted by Gasteiger charge is -2.16. The molecule has 0 aromatic heterocycles. The van der Waals surface area contributed by atoms with Crippen molar-refractivity contribution in [3.63, 3.8) is 0 Å². The van der Waals surface area contributed by atoms with Crippen molar-refractivity contribution in [3.8, 4) is 5.75 Å². The molecule has 130 valence electrons. The summed E-state index contributed by atoms with van der Waals surface area (Å²) in [6.45, 7) is 1.90. The van der Waals surface area contributed by atoms with Crippen molar-refractivity contribution in [1.29, 1.82) is 0 Å². The molecule has 1 N–H and O–H groups in total. The second kappa shape index (κ2) is 7.34. The van der Waals surface area contributed by atoms with Gasteiger partial charge < -0.3 is 14.9 Å². The Balaban J connectivity index is 1.58. The summed E-state index contributed by atoms with van der Waals surface area (Å²) in [7, 11) is 1.61. The number of rotatable bonds is 5. The zero-order valence-corrected chi connectivity index (χ0v) is 14.0. The normalized spacial score (nSPS) is 17.4. The second-order valence-electron chi connectivity index (χ2n) is 5.85. The molecule has 0 fully saturated rings. The molecule has 1 heterocycles. The molecular formula is C19H19FN2O3. The monoisotopic (exact) mass is 342 g/mol. The molecule has 0 saturated heterocycles. The fourth-order valence-electron chi connectivity index (χ4n) is 2.61. The molecule has 0 bridgehead atoms. The highest BCUT2D eigenvalue weighted by Crippen LogP contribution is 2.20. The number of methoxy groups -OCH3 is 1. The van der Waals surface area contributed by atoms with Crippen molar-refractivity contribution in [2.24, 2.45) is 5.16 Å². The fraction of sp³-hybridized carbons (Fsp3) is 0.263. The number of carbonyl (C=O) groups excluding carboxylic acids is 1. The molecule has 0 unspecified atom stereocenters. The Hall–Kier alpha value is -2.89. The van der Waals surface area contributed by atoms with Gasteiger partial charge in [0, 0.05) is 6.42 Å². The first-order valence-corrected chi connectivity index (χ1v) is 8.00. The van der Waals surface area contributed by atoms with Crippen molar-refractivity contribution < 1.29 is 18.8 Å². The van der Waals surface area contributed by atoms with Crippen LogP contribution in [-0.4, -0.2) is 24.8 Å². The van der Waals surface area contributed by atoms with E-state index in [1.54, 1.807) is 19.2 Å². The predicted molar refractivity (Wildman–Crippen MR) is 92.0 cm³/mol. The highest BCUT2D eigenvalue weighted by Gasteiger charge is 2.29. The number of amides is 1. The van der Waals surface area contributed by atoms with Gasteiger partial charge in [-0.2, -0.15) is 0 Å². The summed E-state index contributed by atoms with van der Waals surface area (Å²) in [5.74, 6) is 0.216. The first-order chi connectivity index (χ1) is 12.1. The standard InChI is InChI=1S/C19H19FN2O3/c1-12(13-5-9-16(24-2)10-6-13)21-19(23)18-11-17(22-25-18)14-3-7-15(20)8-4-14/h3-10,12,18H,11H2,1-2H3,(H,21,23)/t12-,18-/m1/s1. The topological polar surface area (TPSA) is 59.9 Å². The van der Waals surface area contributed by atoms with Gasteiger partial charge in [0.1, 0.15) is 11.6 Å². The van der Waals surface area contributed by atoms with E-state index in [-0.39, 0.29) is 17.8 Å². The van der Waals surface area contributed by atoms with Crippen LogP contribution in [0.5, 0.6) is 5.75 Å². The number of oxime groups is 1. The molecule has 2 aromatic rings. The third-order valence-electron chi connectivity index (χ3n) is 4.11. The van der Waals surface area contributed by atoms with Gasteiger partial charge in [-0.15, -0.1) is 0 Å². The Kier molecular flexibility index (Phi) is 4.97. The molecule has 2 atom stereocenters. The largest absolute Gasteiger partial charge is 0.497 e. The van der Waals surface area contributed by atoms with Gasteiger partial charge in [-0.05, 0) is 42.3 Å². The predicted octanol–water partition coefficient (Wildman–Crippen LogP) is 3.20. The second-order valence-corrected chi connectivity index (χ2v) is 5.85. The van der Waals surface area contributed by atoms with E-state index in [0.717, 1.165) is 16.9 Å². The van der Waals surface area contributed by atoms with Crippen LogP contribution in [0.2, 0.25) is 0 Å². The van der Waals surface area contributed by atoms with Crippen molar-refractivity contribution in [3.05, 3.63) is 65.5 Å². The van der Waals surface area contributed by atoms with Crippen molar-refractivity contribution in [2.75, 3.05) is 7.11 Å². The fourth-order valence-corrected chi connectivity index (χ4v) is 2.61. The van der Waals surface area contributed by atoms with Crippen LogP contribution < -0.4 is 10.1 Å². The summed E-state index contributed by atoms with van der Waals surface area (Å²) >= 11 is 0. The molecule has 1 aliphatic heterocycles. The molecular weight excluding hydrogens is 323 g/mol. The highest BCUT2D eigenvalue weighted by molar-refractivity contribution is 6.04. The minimum atomic E-state index is -0.680. The number of hydrogen-bond donors (Lipinski definition) is 1. The zero-order valence-electron chi connectivity index (χ0n) is 14.0. The maximum Gasteiger partial charge on any atom is 0.264 e. The lowest BCUT2D eigenvalue weighted by atomic mass is 10.0. The lowest BCUT2D eigenvalue weighted by molar-refractivity contribution is -0.131. The van der Waals surface area contributed by atoms with E-state index < -0.39 is 6.10 Å². The molecule has 2 aromatic carbocycles. The van der Waals surface area contributed by atoms with Crippen LogP contribution in [0.4, 0.5) is 4.39 Å². The zero-order chi connectivity index (χ0) is 17.8. The SMILES string of the molecule is COc1ccc([C@@H](C)NC(=O)[C@H]2CC(c3ccc(F)cc3)=NO2)cc1. The van der Waals surface area contributed by atoms with Gasteiger partial charge in [-0.1, -0.05) is 29.4 Å². The van der Waals surface area contributed by atoms with Crippen LogP contribution in [0, 0.1) is 5.82 Å². The Morgan fingerprint density at radius 2 is 1.92 bits per heavy atom. The van der Waals surface area contributed by atoms with E-state index >= 15 is 0 Å². The third kappa shape index (κ3) is 3.96. The van der Waals surface area contributed by atoms with Gasteiger partial charge >= 0.3 is 0 Å². The van der Waals surface area contributed by atoms with Gasteiger partial charge in [-0.25, -0.2) is 4.39 Å². The smallest absolute Gasteiger partial charge is 0.264 e. The maximum absolute atomic E-state index is 13.0. The van der Waals surface area contributed by atoms with E-state index in [4.69, 9.17) is 9.57 Å². The van der Waals surface area contributed by atoms with Crippen molar-refractivity contribution in [1.82, 2.24) is 5.32 Å². The maximum atomic E-state index is 13.0. The number of ether oxygens (including phenoxy) is 1. The Labute approximate surface area is 145 Å². The number of benzene rings is 2. The van der Waals surface area contributed by atoms with Gasteiger partial charge in [0.25, 0.3) is 5.91 Å². The molecule has 25 heavy (non-hydrogen) atoms. The van der Waals surface area contributed by atoms with Crippen molar-refractivity contribution in [2.45, 2.75) is 25.5 Å². The van der Waals surface area contributed by atoms with Crippen LogP contribution >= 0.6 is 0 Å². The van der Waals surface area contributed by atoms with Crippen molar-refractivity contribution >= 4 is 11.6 Å². The number of nitrogens with one attached hydrogen (secondary N) is 1. The first kappa shape index (κ1) is 17.0. The summed E-state index contributed by atoms with van der Waals surface area (Å²) in [4.78, 5) is 17.6. The number of halogens is 1. The molecule has 1 aliphatic rings. The van der Waals surface area contributed by atoms with E-state index in [1.807, 2.05) is 31.2 Å². The molecule has 0 saturated carbocycles. The number of hydrogen-bond acceptors (Lipinski definition) is 4. The van der Waals surface area contributed by atoms with Crippen LogP contribution in [0.3, 0.4) is 0 Å². The molecule has 0 spiro atoms. The Morgan fingerprint density at radius 1 is 1.24 bits per heavy atom. The summed E-state index contributed by atoms with van der Waals surface area (Å²) in [5, 5.41) is 6.88. The summed E-state index contributed by atoms with van der Waals surface area (Å²) in [6.07, 6.45) is -0.326. The van der Waals surface area contributed by atoms with Crippen LogP contribution in [-0.2, 0) is 9.63 Å².